The number of hydrogen-bond acceptors (Lipinski definition) is 3. The molecule has 4 N–H and O–H groups in total. The zero-order chi connectivity index (χ0) is 11.5. The molecule has 0 aromatic rings. The maximum absolute atomic E-state index is 11.1. The van der Waals surface area contributed by atoms with E-state index >= 15 is 0 Å². The molecule has 0 unspecified atom stereocenters. The maximum Gasteiger partial charge on any atom is 0.233 e. The highest BCUT2D eigenvalue weighted by molar-refractivity contribution is 5.78. The van der Waals surface area contributed by atoms with Crippen molar-refractivity contribution in [2.24, 2.45) is 5.73 Å². The molecule has 0 saturated heterocycles. The zero-order valence-corrected chi connectivity index (χ0v) is 8.92. The fourth-order valence-corrected chi connectivity index (χ4v) is 1.00. The molecule has 0 aromatic carbocycles. The summed E-state index contributed by atoms with van der Waals surface area (Å²) in [4.78, 5) is 21.5. The van der Waals surface area contributed by atoms with E-state index in [0.29, 0.717) is 26.1 Å². The molecule has 0 aromatic heterocycles. The van der Waals surface area contributed by atoms with Crippen molar-refractivity contribution in [2.45, 2.75) is 19.3 Å². The van der Waals surface area contributed by atoms with Gasteiger partial charge >= 0.3 is 0 Å². The summed E-state index contributed by atoms with van der Waals surface area (Å²) in [5.41, 5.74) is 4.97. The van der Waals surface area contributed by atoms with Crippen LogP contribution >= 0.6 is 0 Å². The first-order valence-corrected chi connectivity index (χ1v) is 5.03. The number of rotatable bonds is 9. The van der Waals surface area contributed by atoms with Crippen molar-refractivity contribution in [3.63, 3.8) is 0 Å². The van der Waals surface area contributed by atoms with Crippen molar-refractivity contribution in [1.29, 1.82) is 0 Å². The van der Waals surface area contributed by atoms with Crippen molar-refractivity contribution >= 4 is 11.8 Å². The van der Waals surface area contributed by atoms with Gasteiger partial charge < -0.3 is 16.4 Å². The van der Waals surface area contributed by atoms with Gasteiger partial charge in [0, 0.05) is 19.5 Å². The Labute approximate surface area is 90.1 Å². The minimum absolute atomic E-state index is 0.0454. The van der Waals surface area contributed by atoms with Gasteiger partial charge in [-0.15, -0.1) is 6.58 Å². The van der Waals surface area contributed by atoms with Gasteiger partial charge in [0.1, 0.15) is 0 Å². The maximum atomic E-state index is 11.1. The average Bonchev–Trinajstić information content (AvgIpc) is 2.17. The molecule has 0 saturated carbocycles. The first-order chi connectivity index (χ1) is 7.16. The highest BCUT2D eigenvalue weighted by Crippen LogP contribution is 1.91. The van der Waals surface area contributed by atoms with Gasteiger partial charge in [-0.1, -0.05) is 6.08 Å². The monoisotopic (exact) mass is 213 g/mol. The molecule has 5 nitrogen and oxygen atoms in total. The van der Waals surface area contributed by atoms with Crippen LogP contribution in [0.3, 0.4) is 0 Å². The predicted octanol–water partition coefficient (Wildman–Crippen LogP) is -0.466. The van der Waals surface area contributed by atoms with Crippen LogP contribution in [-0.2, 0) is 9.59 Å². The molecule has 0 spiro atoms. The number of amides is 2. The van der Waals surface area contributed by atoms with Crippen LogP contribution in [0.2, 0.25) is 0 Å². The summed E-state index contributed by atoms with van der Waals surface area (Å²) in [6.45, 7) is 5.02. The minimum Gasteiger partial charge on any atom is -0.370 e. The Hall–Kier alpha value is -1.36. The zero-order valence-electron chi connectivity index (χ0n) is 8.92. The Morgan fingerprint density at radius 3 is 2.67 bits per heavy atom. The largest absolute Gasteiger partial charge is 0.370 e. The number of primary amides is 1. The summed E-state index contributed by atoms with van der Waals surface area (Å²) in [5, 5.41) is 5.62. The molecule has 5 heteroatoms. The Morgan fingerprint density at radius 1 is 1.33 bits per heavy atom. The lowest BCUT2D eigenvalue weighted by atomic mass is 10.2. The fraction of sp³-hybridized carbons (Fsp3) is 0.600. The lowest BCUT2D eigenvalue weighted by Crippen LogP contribution is -2.34. The molecular weight excluding hydrogens is 194 g/mol. The van der Waals surface area contributed by atoms with Gasteiger partial charge in [-0.05, 0) is 12.8 Å². The summed E-state index contributed by atoms with van der Waals surface area (Å²) >= 11 is 0. The van der Waals surface area contributed by atoms with Crippen LogP contribution in [0.15, 0.2) is 12.7 Å². The van der Waals surface area contributed by atoms with Crippen LogP contribution in [0.5, 0.6) is 0 Å². The molecule has 2 amide bonds. The van der Waals surface area contributed by atoms with E-state index < -0.39 is 0 Å². The number of hydrogen-bond donors (Lipinski definition) is 3. The standard InChI is InChI=1S/C10H19N3O2/c1-2-6-12-8-10(15)13-7-4-3-5-9(11)14/h2,12H,1,3-8H2,(H2,11,14)(H,13,15). The lowest BCUT2D eigenvalue weighted by molar-refractivity contribution is -0.120. The number of nitrogens with two attached hydrogens (primary N) is 1. The topological polar surface area (TPSA) is 84.2 Å². The smallest absolute Gasteiger partial charge is 0.233 e. The molecule has 0 heterocycles. The van der Waals surface area contributed by atoms with Crippen molar-refractivity contribution in [3.05, 3.63) is 12.7 Å². The van der Waals surface area contributed by atoms with Gasteiger partial charge in [0.25, 0.3) is 0 Å². The molecule has 0 rings (SSSR count). The van der Waals surface area contributed by atoms with E-state index in [-0.39, 0.29) is 11.8 Å². The van der Waals surface area contributed by atoms with Crippen LogP contribution in [0.25, 0.3) is 0 Å². The second-order valence-electron chi connectivity index (χ2n) is 3.19. The first kappa shape index (κ1) is 13.6. The van der Waals surface area contributed by atoms with Gasteiger partial charge in [-0.25, -0.2) is 0 Å². The molecule has 0 aliphatic rings. The number of carbonyl (C=O) groups is 2. The SMILES string of the molecule is C=CCNCC(=O)NCCCCC(N)=O. The van der Waals surface area contributed by atoms with E-state index in [9.17, 15) is 9.59 Å². The van der Waals surface area contributed by atoms with Crippen molar-refractivity contribution < 1.29 is 9.59 Å². The Bertz CT molecular complexity index is 217. The molecule has 0 fully saturated rings. The third-order valence-corrected chi connectivity index (χ3v) is 1.75. The van der Waals surface area contributed by atoms with Crippen LogP contribution in [-0.4, -0.2) is 31.4 Å². The Kier molecular flexibility index (Phi) is 8.37. The molecule has 0 aliphatic carbocycles. The van der Waals surface area contributed by atoms with Gasteiger partial charge in [-0.3, -0.25) is 9.59 Å². The molecular formula is C10H19N3O2. The molecule has 0 atom stereocenters. The molecule has 0 aliphatic heterocycles. The minimum atomic E-state index is -0.297. The van der Waals surface area contributed by atoms with E-state index in [4.69, 9.17) is 5.73 Å². The second-order valence-corrected chi connectivity index (χ2v) is 3.19. The van der Waals surface area contributed by atoms with Crippen LogP contribution in [0.4, 0.5) is 0 Å². The van der Waals surface area contributed by atoms with Crippen molar-refractivity contribution in [2.75, 3.05) is 19.6 Å². The Morgan fingerprint density at radius 2 is 2.07 bits per heavy atom. The normalized spacial score (nSPS) is 9.60. The first-order valence-electron chi connectivity index (χ1n) is 5.03. The predicted molar refractivity (Wildman–Crippen MR) is 59.1 cm³/mol. The summed E-state index contributed by atoms with van der Waals surface area (Å²) in [7, 11) is 0. The van der Waals surface area contributed by atoms with Crippen LogP contribution < -0.4 is 16.4 Å². The third-order valence-electron chi connectivity index (χ3n) is 1.75. The highest BCUT2D eigenvalue weighted by atomic mass is 16.2. The third kappa shape index (κ3) is 10.6. The van der Waals surface area contributed by atoms with Crippen LogP contribution in [0, 0.1) is 0 Å². The number of unbranched alkanes of at least 4 members (excludes halogenated alkanes) is 1. The summed E-state index contributed by atoms with van der Waals surface area (Å²) in [6.07, 6.45) is 3.57. The van der Waals surface area contributed by atoms with Gasteiger partial charge in [-0.2, -0.15) is 0 Å². The van der Waals surface area contributed by atoms with Crippen molar-refractivity contribution in [1.82, 2.24) is 10.6 Å². The number of carbonyl (C=O) groups excluding carboxylic acids is 2. The summed E-state index contributed by atoms with van der Waals surface area (Å²) in [5.74, 6) is -0.343. The molecule has 15 heavy (non-hydrogen) atoms. The molecule has 0 bridgehead atoms. The fourth-order valence-electron chi connectivity index (χ4n) is 1.00. The summed E-state index contributed by atoms with van der Waals surface area (Å²) < 4.78 is 0. The van der Waals surface area contributed by atoms with Gasteiger partial charge in [0.15, 0.2) is 0 Å². The second kappa shape index (κ2) is 9.21. The van der Waals surface area contributed by atoms with Crippen LogP contribution in [0.1, 0.15) is 19.3 Å². The van der Waals surface area contributed by atoms with Gasteiger partial charge in [0.05, 0.1) is 6.54 Å². The van der Waals surface area contributed by atoms with Crippen molar-refractivity contribution in [3.8, 4) is 0 Å². The average molecular weight is 213 g/mol. The quantitative estimate of drug-likeness (QED) is 0.358. The summed E-state index contributed by atoms with van der Waals surface area (Å²) in [6, 6.07) is 0. The Balaban J connectivity index is 3.23. The number of nitrogens with one attached hydrogen (secondary N) is 2. The van der Waals surface area contributed by atoms with E-state index in [1.54, 1.807) is 6.08 Å². The van der Waals surface area contributed by atoms with E-state index in [1.807, 2.05) is 0 Å². The van der Waals surface area contributed by atoms with E-state index in [0.717, 1.165) is 12.8 Å². The van der Waals surface area contributed by atoms with Gasteiger partial charge in [0.2, 0.25) is 11.8 Å². The highest BCUT2D eigenvalue weighted by Gasteiger charge is 1.99. The van der Waals surface area contributed by atoms with E-state index in [1.165, 1.54) is 0 Å². The molecule has 86 valence electrons. The molecule has 0 radical (unpaired) electrons. The lowest BCUT2D eigenvalue weighted by Gasteiger charge is -2.04. The van der Waals surface area contributed by atoms with E-state index in [2.05, 4.69) is 17.2 Å².